The average Bonchev–Trinajstić information content (AvgIpc) is 3.21. The smallest absolute Gasteiger partial charge is 0.251 e. The molecule has 0 aliphatic heterocycles. The number of hydrogen-bond acceptors (Lipinski definition) is 2. The van der Waals surface area contributed by atoms with Gasteiger partial charge in [-0.05, 0) is 47.0 Å². The summed E-state index contributed by atoms with van der Waals surface area (Å²) in [6, 6.07) is 5.02. The van der Waals surface area contributed by atoms with Gasteiger partial charge in [-0.1, -0.05) is 11.6 Å². The number of carbonyl (C=O) groups excluding carboxylic acids is 2. The molecule has 0 heterocycles. The normalized spacial score (nSPS) is 14.0. The highest BCUT2D eigenvalue weighted by Gasteiger charge is 2.28. The molecule has 0 radical (unpaired) electrons. The number of halogens is 2. The van der Waals surface area contributed by atoms with Gasteiger partial charge in [0.1, 0.15) is 0 Å². The van der Waals surface area contributed by atoms with E-state index in [0.29, 0.717) is 23.7 Å². The van der Waals surface area contributed by atoms with Crippen LogP contribution in [0, 0.1) is 5.92 Å². The Balaban J connectivity index is 1.74. The van der Waals surface area contributed by atoms with Gasteiger partial charge in [0.15, 0.2) is 0 Å². The minimum atomic E-state index is -0.199. The minimum Gasteiger partial charge on any atom is -0.354 e. The third-order valence-electron chi connectivity index (χ3n) is 2.84. The Hall–Kier alpha value is -1.07. The zero-order valence-corrected chi connectivity index (χ0v) is 12.6. The van der Waals surface area contributed by atoms with Crippen molar-refractivity contribution in [1.29, 1.82) is 0 Å². The first-order valence-corrected chi connectivity index (χ1v) is 7.26. The second-order valence-electron chi connectivity index (χ2n) is 4.45. The van der Waals surface area contributed by atoms with Crippen LogP contribution in [0.2, 0.25) is 5.02 Å². The standard InChI is InChI=1S/C13H14BrClN2O2/c14-10-4-3-9(7-11(10)15)13(19)17-6-5-16-12(18)8-1-2-8/h3-4,7-8H,1-2,5-6H2,(H,16,18)(H,17,19). The van der Waals surface area contributed by atoms with Gasteiger partial charge in [-0.25, -0.2) is 0 Å². The molecule has 1 fully saturated rings. The molecule has 1 aromatic rings. The first-order chi connectivity index (χ1) is 9.08. The number of rotatable bonds is 5. The number of hydrogen-bond donors (Lipinski definition) is 2. The third kappa shape index (κ3) is 4.21. The van der Waals surface area contributed by atoms with Gasteiger partial charge in [-0.3, -0.25) is 9.59 Å². The fraction of sp³-hybridized carbons (Fsp3) is 0.385. The molecule has 2 amide bonds. The van der Waals surface area contributed by atoms with Crippen molar-refractivity contribution < 1.29 is 9.59 Å². The minimum absolute atomic E-state index is 0.0842. The molecule has 6 heteroatoms. The number of nitrogens with one attached hydrogen (secondary N) is 2. The fourth-order valence-corrected chi connectivity index (χ4v) is 2.02. The van der Waals surface area contributed by atoms with Crippen LogP contribution in [0.25, 0.3) is 0 Å². The third-order valence-corrected chi connectivity index (χ3v) is 4.07. The predicted molar refractivity (Wildman–Crippen MR) is 77.2 cm³/mol. The van der Waals surface area contributed by atoms with E-state index < -0.39 is 0 Å². The van der Waals surface area contributed by atoms with Gasteiger partial charge >= 0.3 is 0 Å². The largest absolute Gasteiger partial charge is 0.354 e. The topological polar surface area (TPSA) is 58.2 Å². The molecule has 1 aliphatic rings. The van der Waals surface area contributed by atoms with Crippen molar-refractivity contribution in [2.45, 2.75) is 12.8 Å². The Labute approximate surface area is 125 Å². The molecule has 102 valence electrons. The zero-order chi connectivity index (χ0) is 13.8. The molecule has 0 saturated heterocycles. The quantitative estimate of drug-likeness (QED) is 0.805. The Bertz CT molecular complexity index is 503. The SMILES string of the molecule is O=C(NCCNC(=O)C1CC1)c1ccc(Br)c(Cl)c1. The summed E-state index contributed by atoms with van der Waals surface area (Å²) in [6.07, 6.45) is 1.96. The van der Waals surface area contributed by atoms with E-state index in [1.165, 1.54) is 0 Å². The molecule has 1 aliphatic carbocycles. The molecular formula is C13H14BrClN2O2. The van der Waals surface area contributed by atoms with Gasteiger partial charge in [-0.2, -0.15) is 0 Å². The molecule has 0 atom stereocenters. The van der Waals surface area contributed by atoms with Gasteiger partial charge < -0.3 is 10.6 Å². The van der Waals surface area contributed by atoms with E-state index in [1.54, 1.807) is 18.2 Å². The van der Waals surface area contributed by atoms with E-state index in [9.17, 15) is 9.59 Å². The summed E-state index contributed by atoms with van der Waals surface area (Å²) in [4.78, 5) is 23.2. The van der Waals surface area contributed by atoms with Crippen molar-refractivity contribution in [3.63, 3.8) is 0 Å². The van der Waals surface area contributed by atoms with E-state index in [-0.39, 0.29) is 17.7 Å². The molecule has 0 spiro atoms. The summed E-state index contributed by atoms with van der Waals surface area (Å²) in [5.41, 5.74) is 0.502. The van der Waals surface area contributed by atoms with Crippen LogP contribution in [-0.4, -0.2) is 24.9 Å². The van der Waals surface area contributed by atoms with Crippen molar-refractivity contribution in [3.8, 4) is 0 Å². The van der Waals surface area contributed by atoms with Crippen LogP contribution in [0.5, 0.6) is 0 Å². The van der Waals surface area contributed by atoms with E-state index in [4.69, 9.17) is 11.6 Å². The first kappa shape index (κ1) is 14.3. The summed E-state index contributed by atoms with van der Waals surface area (Å²) in [5.74, 6) is 0.0805. The molecule has 19 heavy (non-hydrogen) atoms. The van der Waals surface area contributed by atoms with Crippen molar-refractivity contribution in [2.24, 2.45) is 5.92 Å². The van der Waals surface area contributed by atoms with Crippen LogP contribution in [0.4, 0.5) is 0 Å². The van der Waals surface area contributed by atoms with Crippen LogP contribution in [0.15, 0.2) is 22.7 Å². The molecule has 1 saturated carbocycles. The highest BCUT2D eigenvalue weighted by molar-refractivity contribution is 9.10. The Kier molecular flexibility index (Phi) is 4.82. The monoisotopic (exact) mass is 344 g/mol. The highest BCUT2D eigenvalue weighted by atomic mass is 79.9. The summed E-state index contributed by atoms with van der Waals surface area (Å²) in [5, 5.41) is 6.01. The maximum absolute atomic E-state index is 11.8. The molecule has 1 aromatic carbocycles. The zero-order valence-electron chi connectivity index (χ0n) is 10.2. The van der Waals surface area contributed by atoms with E-state index >= 15 is 0 Å². The maximum atomic E-state index is 11.8. The average molecular weight is 346 g/mol. The van der Waals surface area contributed by atoms with Gasteiger partial charge in [0.2, 0.25) is 5.91 Å². The summed E-state index contributed by atoms with van der Waals surface area (Å²) in [6.45, 7) is 0.857. The van der Waals surface area contributed by atoms with Gasteiger partial charge in [0, 0.05) is 29.0 Å². The van der Waals surface area contributed by atoms with Gasteiger partial charge in [0.25, 0.3) is 5.91 Å². The van der Waals surface area contributed by atoms with E-state index in [1.807, 2.05) is 0 Å². The number of amides is 2. The number of benzene rings is 1. The van der Waals surface area contributed by atoms with Crippen LogP contribution in [0.3, 0.4) is 0 Å². The first-order valence-electron chi connectivity index (χ1n) is 6.09. The predicted octanol–water partition coefficient (Wildman–Crippen LogP) is 2.36. The molecule has 0 unspecified atom stereocenters. The summed E-state index contributed by atoms with van der Waals surface area (Å²) < 4.78 is 0.752. The van der Waals surface area contributed by atoms with Crippen LogP contribution < -0.4 is 10.6 Å². The lowest BCUT2D eigenvalue weighted by atomic mass is 10.2. The maximum Gasteiger partial charge on any atom is 0.251 e. The van der Waals surface area contributed by atoms with Crippen LogP contribution in [0.1, 0.15) is 23.2 Å². The molecule has 2 rings (SSSR count). The van der Waals surface area contributed by atoms with Crippen molar-refractivity contribution in [2.75, 3.05) is 13.1 Å². The Morgan fingerprint density at radius 3 is 2.58 bits per heavy atom. The Morgan fingerprint density at radius 1 is 1.26 bits per heavy atom. The van der Waals surface area contributed by atoms with Crippen molar-refractivity contribution >= 4 is 39.3 Å². The van der Waals surface area contributed by atoms with Gasteiger partial charge in [-0.15, -0.1) is 0 Å². The molecule has 0 bridgehead atoms. The van der Waals surface area contributed by atoms with E-state index in [0.717, 1.165) is 17.3 Å². The molecular weight excluding hydrogens is 332 g/mol. The van der Waals surface area contributed by atoms with Crippen LogP contribution in [-0.2, 0) is 4.79 Å². The summed E-state index contributed by atoms with van der Waals surface area (Å²) in [7, 11) is 0. The van der Waals surface area contributed by atoms with Crippen molar-refractivity contribution in [3.05, 3.63) is 33.3 Å². The van der Waals surface area contributed by atoms with Crippen molar-refractivity contribution in [1.82, 2.24) is 10.6 Å². The molecule has 2 N–H and O–H groups in total. The molecule has 4 nitrogen and oxygen atoms in total. The summed E-state index contributed by atoms with van der Waals surface area (Å²) >= 11 is 9.19. The second-order valence-corrected chi connectivity index (χ2v) is 5.71. The highest BCUT2D eigenvalue weighted by Crippen LogP contribution is 2.28. The number of carbonyl (C=O) groups is 2. The lowest BCUT2D eigenvalue weighted by molar-refractivity contribution is -0.122. The Morgan fingerprint density at radius 2 is 1.95 bits per heavy atom. The lowest BCUT2D eigenvalue weighted by Crippen LogP contribution is -2.35. The lowest BCUT2D eigenvalue weighted by Gasteiger charge is -2.07. The second kappa shape index (κ2) is 6.39. The van der Waals surface area contributed by atoms with E-state index in [2.05, 4.69) is 26.6 Å². The fourth-order valence-electron chi connectivity index (χ4n) is 1.59. The molecule has 0 aromatic heterocycles. The van der Waals surface area contributed by atoms with Crippen LogP contribution >= 0.6 is 27.5 Å². The van der Waals surface area contributed by atoms with Gasteiger partial charge in [0.05, 0.1) is 5.02 Å².